The fourth-order valence-electron chi connectivity index (χ4n) is 4.30. The second-order valence-corrected chi connectivity index (χ2v) is 7.38. The van der Waals surface area contributed by atoms with E-state index < -0.39 is 0 Å². The minimum Gasteiger partial charge on any atom is -0.465 e. The van der Waals surface area contributed by atoms with Crippen molar-refractivity contribution >= 4 is 12.3 Å². The molecule has 2 aliphatic rings. The van der Waals surface area contributed by atoms with Gasteiger partial charge in [-0.05, 0) is 43.4 Å². The van der Waals surface area contributed by atoms with Crippen LogP contribution in [-0.4, -0.2) is 18.9 Å². The SMILES string of the molecule is CC(=O)OC[C@@]1(C)CCCC2=C1CCC(C)[C@]2(C)CC=O. The first-order valence-corrected chi connectivity index (χ1v) is 8.13. The zero-order valence-corrected chi connectivity index (χ0v) is 13.8. The first-order valence-electron chi connectivity index (χ1n) is 8.13. The van der Waals surface area contributed by atoms with Crippen molar-refractivity contribution in [3.05, 3.63) is 11.1 Å². The van der Waals surface area contributed by atoms with Gasteiger partial charge in [-0.15, -0.1) is 0 Å². The van der Waals surface area contributed by atoms with Crippen LogP contribution in [0.2, 0.25) is 0 Å². The maximum atomic E-state index is 11.2. The summed E-state index contributed by atoms with van der Waals surface area (Å²) in [6.45, 7) is 8.69. The number of carbonyl (C=O) groups excluding carboxylic acids is 2. The molecule has 0 heterocycles. The number of esters is 1. The summed E-state index contributed by atoms with van der Waals surface area (Å²) in [5.74, 6) is 0.335. The summed E-state index contributed by atoms with van der Waals surface area (Å²) in [7, 11) is 0. The fourth-order valence-corrected chi connectivity index (χ4v) is 4.30. The van der Waals surface area contributed by atoms with Gasteiger partial charge in [0.15, 0.2) is 0 Å². The van der Waals surface area contributed by atoms with E-state index in [0.29, 0.717) is 18.9 Å². The summed E-state index contributed by atoms with van der Waals surface area (Å²) in [4.78, 5) is 22.4. The molecule has 3 atom stereocenters. The van der Waals surface area contributed by atoms with Crippen LogP contribution in [0.15, 0.2) is 11.1 Å². The molecule has 0 saturated heterocycles. The molecule has 3 nitrogen and oxygen atoms in total. The molecule has 0 saturated carbocycles. The Hall–Kier alpha value is -1.12. The number of carbonyl (C=O) groups is 2. The Kier molecular flexibility index (Phi) is 4.60. The Morgan fingerprint density at radius 3 is 2.67 bits per heavy atom. The minimum atomic E-state index is -0.205. The van der Waals surface area contributed by atoms with Crippen LogP contribution in [0.3, 0.4) is 0 Å². The number of ether oxygens (including phenoxy) is 1. The normalized spacial score (nSPS) is 36.1. The Morgan fingerprint density at radius 2 is 2.05 bits per heavy atom. The van der Waals surface area contributed by atoms with E-state index >= 15 is 0 Å². The quantitative estimate of drug-likeness (QED) is 0.446. The molecular formula is C18H28O3. The van der Waals surface area contributed by atoms with Gasteiger partial charge in [-0.2, -0.15) is 0 Å². The van der Waals surface area contributed by atoms with Gasteiger partial charge in [-0.1, -0.05) is 31.9 Å². The van der Waals surface area contributed by atoms with E-state index in [1.807, 2.05) is 0 Å². The smallest absolute Gasteiger partial charge is 0.302 e. The third-order valence-electron chi connectivity index (χ3n) is 5.95. The summed E-state index contributed by atoms with van der Waals surface area (Å²) >= 11 is 0. The van der Waals surface area contributed by atoms with Gasteiger partial charge in [-0.3, -0.25) is 4.79 Å². The zero-order chi connectivity index (χ0) is 15.7. The third-order valence-corrected chi connectivity index (χ3v) is 5.95. The average molecular weight is 292 g/mol. The minimum absolute atomic E-state index is 0.00671. The lowest BCUT2D eigenvalue weighted by Gasteiger charge is -2.49. The summed E-state index contributed by atoms with van der Waals surface area (Å²) < 4.78 is 5.35. The summed E-state index contributed by atoms with van der Waals surface area (Å²) in [5.41, 5.74) is 2.91. The van der Waals surface area contributed by atoms with E-state index in [1.54, 1.807) is 0 Å². The Morgan fingerprint density at radius 1 is 1.33 bits per heavy atom. The molecule has 0 aromatic carbocycles. The molecule has 0 spiro atoms. The van der Waals surface area contributed by atoms with Crippen molar-refractivity contribution < 1.29 is 14.3 Å². The van der Waals surface area contributed by atoms with Crippen LogP contribution < -0.4 is 0 Å². The number of rotatable bonds is 4. The molecule has 0 aromatic heterocycles. The van der Waals surface area contributed by atoms with Gasteiger partial charge in [0.05, 0.1) is 0 Å². The van der Waals surface area contributed by atoms with Gasteiger partial charge in [0.1, 0.15) is 12.9 Å². The van der Waals surface area contributed by atoms with Crippen LogP contribution in [0.5, 0.6) is 0 Å². The largest absolute Gasteiger partial charge is 0.465 e. The molecule has 0 amide bonds. The molecule has 2 rings (SSSR count). The second-order valence-electron chi connectivity index (χ2n) is 7.38. The highest BCUT2D eigenvalue weighted by Crippen LogP contribution is 2.56. The van der Waals surface area contributed by atoms with Gasteiger partial charge in [0.25, 0.3) is 0 Å². The molecule has 0 N–H and O–H groups in total. The average Bonchev–Trinajstić information content (AvgIpc) is 2.42. The highest BCUT2D eigenvalue weighted by molar-refractivity contribution is 5.66. The van der Waals surface area contributed by atoms with E-state index in [1.165, 1.54) is 18.1 Å². The van der Waals surface area contributed by atoms with Gasteiger partial charge in [0.2, 0.25) is 0 Å². The lowest BCUT2D eigenvalue weighted by atomic mass is 9.55. The molecule has 118 valence electrons. The van der Waals surface area contributed by atoms with Crippen molar-refractivity contribution in [2.45, 2.75) is 66.2 Å². The van der Waals surface area contributed by atoms with E-state index in [2.05, 4.69) is 20.8 Å². The molecule has 3 heteroatoms. The van der Waals surface area contributed by atoms with Crippen molar-refractivity contribution in [3.8, 4) is 0 Å². The highest BCUT2D eigenvalue weighted by atomic mass is 16.5. The molecule has 0 aromatic rings. The molecular weight excluding hydrogens is 264 g/mol. The second kappa shape index (κ2) is 5.94. The highest BCUT2D eigenvalue weighted by Gasteiger charge is 2.46. The van der Waals surface area contributed by atoms with E-state index in [-0.39, 0.29) is 16.8 Å². The van der Waals surface area contributed by atoms with E-state index in [0.717, 1.165) is 38.4 Å². The van der Waals surface area contributed by atoms with Gasteiger partial charge in [0, 0.05) is 18.8 Å². The van der Waals surface area contributed by atoms with Crippen LogP contribution in [0, 0.1) is 16.7 Å². The van der Waals surface area contributed by atoms with E-state index in [9.17, 15) is 9.59 Å². The van der Waals surface area contributed by atoms with Crippen LogP contribution in [0.25, 0.3) is 0 Å². The van der Waals surface area contributed by atoms with Crippen LogP contribution in [0.4, 0.5) is 0 Å². The fraction of sp³-hybridized carbons (Fsp3) is 0.778. The Labute approximate surface area is 128 Å². The molecule has 0 aliphatic heterocycles. The molecule has 0 fully saturated rings. The van der Waals surface area contributed by atoms with E-state index in [4.69, 9.17) is 4.74 Å². The molecule has 21 heavy (non-hydrogen) atoms. The van der Waals surface area contributed by atoms with Gasteiger partial charge >= 0.3 is 5.97 Å². The van der Waals surface area contributed by atoms with Crippen molar-refractivity contribution in [1.29, 1.82) is 0 Å². The summed E-state index contributed by atoms with van der Waals surface area (Å²) in [5, 5.41) is 0. The number of aldehydes is 1. The zero-order valence-electron chi connectivity index (χ0n) is 13.8. The Balaban J connectivity index is 2.38. The van der Waals surface area contributed by atoms with Gasteiger partial charge in [-0.25, -0.2) is 0 Å². The van der Waals surface area contributed by atoms with Crippen molar-refractivity contribution in [2.75, 3.05) is 6.61 Å². The summed E-state index contributed by atoms with van der Waals surface area (Å²) in [6, 6.07) is 0. The summed E-state index contributed by atoms with van der Waals surface area (Å²) in [6.07, 6.45) is 7.19. The predicted octanol–water partition coefficient (Wildman–Crippen LogP) is 4.06. The topological polar surface area (TPSA) is 43.4 Å². The maximum absolute atomic E-state index is 11.2. The monoisotopic (exact) mass is 292 g/mol. The maximum Gasteiger partial charge on any atom is 0.302 e. The number of allylic oxidation sites excluding steroid dienone is 1. The van der Waals surface area contributed by atoms with Crippen LogP contribution in [0.1, 0.15) is 66.2 Å². The lowest BCUT2D eigenvalue weighted by molar-refractivity contribution is -0.143. The van der Waals surface area contributed by atoms with Crippen molar-refractivity contribution in [1.82, 2.24) is 0 Å². The lowest BCUT2D eigenvalue weighted by Crippen LogP contribution is -2.40. The number of hydrogen-bond donors (Lipinski definition) is 0. The van der Waals surface area contributed by atoms with Gasteiger partial charge < -0.3 is 9.53 Å². The molecule has 1 unspecified atom stereocenters. The molecule has 0 bridgehead atoms. The molecule has 0 radical (unpaired) electrons. The Bertz CT molecular complexity index is 465. The predicted molar refractivity (Wildman–Crippen MR) is 82.8 cm³/mol. The third kappa shape index (κ3) is 2.93. The van der Waals surface area contributed by atoms with Crippen molar-refractivity contribution in [3.63, 3.8) is 0 Å². The van der Waals surface area contributed by atoms with Crippen LogP contribution >= 0.6 is 0 Å². The first-order chi connectivity index (χ1) is 9.83. The number of hydrogen-bond acceptors (Lipinski definition) is 3. The standard InChI is InChI=1S/C18H28O3/c1-13-7-8-15-16(18(13,4)10-11-19)6-5-9-17(15,3)12-21-14(2)20/h11,13H,5-10,12H2,1-4H3/t13?,17-,18+/m1/s1. The molecule has 2 aliphatic carbocycles. The first kappa shape index (κ1) is 16.3. The van der Waals surface area contributed by atoms with Crippen molar-refractivity contribution in [2.24, 2.45) is 16.7 Å². The van der Waals surface area contributed by atoms with Crippen LogP contribution in [-0.2, 0) is 14.3 Å².